The van der Waals surface area contributed by atoms with E-state index < -0.39 is 5.97 Å². The van der Waals surface area contributed by atoms with Crippen molar-refractivity contribution in [2.24, 2.45) is 7.05 Å². The van der Waals surface area contributed by atoms with E-state index in [-0.39, 0.29) is 5.76 Å². The highest BCUT2D eigenvalue weighted by Gasteiger charge is 2.09. The molecule has 0 aliphatic carbocycles. The summed E-state index contributed by atoms with van der Waals surface area (Å²) in [5.41, 5.74) is 1.04. The van der Waals surface area contributed by atoms with Gasteiger partial charge in [-0.1, -0.05) is 0 Å². The highest BCUT2D eigenvalue weighted by atomic mass is 16.5. The molecule has 16 heavy (non-hydrogen) atoms. The lowest BCUT2D eigenvalue weighted by Gasteiger charge is -2.00. The van der Waals surface area contributed by atoms with Crippen molar-refractivity contribution in [3.8, 4) is 0 Å². The summed E-state index contributed by atoms with van der Waals surface area (Å²) >= 11 is 0. The Labute approximate surface area is 92.6 Å². The fourth-order valence-electron chi connectivity index (χ4n) is 1.33. The minimum absolute atomic E-state index is 0.228. The third-order valence-corrected chi connectivity index (χ3v) is 2.10. The number of carbonyl (C=O) groups is 1. The lowest BCUT2D eigenvalue weighted by Crippen LogP contribution is -2.06. The fourth-order valence-corrected chi connectivity index (χ4v) is 1.33. The van der Waals surface area contributed by atoms with Crippen LogP contribution in [0.3, 0.4) is 0 Å². The summed E-state index contributed by atoms with van der Waals surface area (Å²) in [6.07, 6.45) is 5.74. The summed E-state index contributed by atoms with van der Waals surface area (Å²) in [6, 6.07) is 3.23. The van der Waals surface area contributed by atoms with Gasteiger partial charge in [0, 0.05) is 19.7 Å². The van der Waals surface area contributed by atoms with E-state index in [2.05, 4.69) is 5.10 Å². The highest BCUT2D eigenvalue weighted by molar-refractivity contribution is 5.86. The molecule has 5 nitrogen and oxygen atoms in total. The van der Waals surface area contributed by atoms with Gasteiger partial charge in [0.15, 0.2) is 0 Å². The molecule has 0 saturated heterocycles. The van der Waals surface area contributed by atoms with Gasteiger partial charge in [0.05, 0.1) is 19.1 Å². The zero-order chi connectivity index (χ0) is 11.4. The van der Waals surface area contributed by atoms with E-state index in [1.807, 2.05) is 13.2 Å². The molecule has 0 aliphatic heterocycles. The van der Waals surface area contributed by atoms with Crippen LogP contribution in [0.4, 0.5) is 0 Å². The molecule has 0 spiro atoms. The van der Waals surface area contributed by atoms with Crippen LogP contribution in [-0.4, -0.2) is 22.4 Å². The van der Waals surface area contributed by atoms with E-state index in [0.717, 1.165) is 5.56 Å². The number of nitrogens with zero attached hydrogens (tertiary/aromatic N) is 2. The number of carbonyl (C=O) groups excluding carboxylic acids is 1. The van der Waals surface area contributed by atoms with Gasteiger partial charge in [0.2, 0.25) is 5.76 Å². The lowest BCUT2D eigenvalue weighted by atomic mass is 10.3. The van der Waals surface area contributed by atoms with Crippen LogP contribution >= 0.6 is 0 Å². The molecule has 0 N–H and O–H groups in total. The van der Waals surface area contributed by atoms with E-state index in [4.69, 9.17) is 9.15 Å². The second-order valence-corrected chi connectivity index (χ2v) is 3.39. The summed E-state index contributed by atoms with van der Waals surface area (Å²) in [7, 11) is 1.85. The summed E-state index contributed by atoms with van der Waals surface area (Å²) < 4.78 is 11.7. The first kappa shape index (κ1) is 10.5. The van der Waals surface area contributed by atoms with E-state index in [1.165, 1.54) is 6.26 Å². The monoisotopic (exact) mass is 220 g/mol. The predicted molar refractivity (Wildman–Crippen MR) is 55.9 cm³/mol. The zero-order valence-electron chi connectivity index (χ0n) is 8.92. The third-order valence-electron chi connectivity index (χ3n) is 2.10. The van der Waals surface area contributed by atoms with E-state index >= 15 is 0 Å². The van der Waals surface area contributed by atoms with Crippen LogP contribution in [0.25, 0.3) is 0 Å². The number of hydrogen-bond donors (Lipinski definition) is 0. The van der Waals surface area contributed by atoms with Crippen molar-refractivity contribution in [3.05, 3.63) is 42.1 Å². The fraction of sp³-hybridized carbons (Fsp3) is 0.273. The van der Waals surface area contributed by atoms with Crippen molar-refractivity contribution in [3.63, 3.8) is 0 Å². The zero-order valence-corrected chi connectivity index (χ0v) is 8.92. The van der Waals surface area contributed by atoms with Crippen LogP contribution < -0.4 is 0 Å². The molecule has 2 aromatic rings. The molecule has 0 amide bonds. The van der Waals surface area contributed by atoms with Crippen molar-refractivity contribution in [2.45, 2.75) is 6.42 Å². The van der Waals surface area contributed by atoms with Gasteiger partial charge >= 0.3 is 5.97 Å². The standard InChI is InChI=1S/C11H12N2O3/c1-13-8-9(7-12-13)4-6-16-11(14)10-3-2-5-15-10/h2-3,5,7-8H,4,6H2,1H3. The Hall–Kier alpha value is -2.04. The highest BCUT2D eigenvalue weighted by Crippen LogP contribution is 2.03. The molecule has 2 aromatic heterocycles. The molecule has 0 saturated carbocycles. The van der Waals surface area contributed by atoms with Gasteiger partial charge in [-0.25, -0.2) is 4.79 Å². The maximum atomic E-state index is 11.4. The van der Waals surface area contributed by atoms with E-state index in [0.29, 0.717) is 13.0 Å². The molecule has 0 bridgehead atoms. The molecule has 2 heterocycles. The predicted octanol–water partition coefficient (Wildman–Crippen LogP) is 1.41. The van der Waals surface area contributed by atoms with Crippen LogP contribution in [0.1, 0.15) is 16.1 Å². The molecule has 5 heteroatoms. The molecule has 0 aliphatic rings. The Morgan fingerprint density at radius 2 is 2.50 bits per heavy atom. The van der Waals surface area contributed by atoms with E-state index in [1.54, 1.807) is 23.0 Å². The SMILES string of the molecule is Cn1cc(CCOC(=O)c2ccco2)cn1. The van der Waals surface area contributed by atoms with Crippen LogP contribution in [0.5, 0.6) is 0 Å². The Balaban J connectivity index is 1.78. The van der Waals surface area contributed by atoms with E-state index in [9.17, 15) is 4.79 Å². The van der Waals surface area contributed by atoms with Crippen molar-refractivity contribution in [1.29, 1.82) is 0 Å². The molecule has 0 atom stereocenters. The molecule has 84 valence electrons. The van der Waals surface area contributed by atoms with Crippen molar-refractivity contribution in [1.82, 2.24) is 9.78 Å². The van der Waals surface area contributed by atoms with Gasteiger partial charge < -0.3 is 9.15 Å². The van der Waals surface area contributed by atoms with Gasteiger partial charge in [0.1, 0.15) is 0 Å². The van der Waals surface area contributed by atoms with Crippen LogP contribution in [0.15, 0.2) is 35.2 Å². The maximum Gasteiger partial charge on any atom is 0.374 e. The number of rotatable bonds is 4. The molecular formula is C11H12N2O3. The number of aromatic nitrogens is 2. The maximum absolute atomic E-state index is 11.4. The van der Waals surface area contributed by atoms with Gasteiger partial charge in [-0.2, -0.15) is 5.10 Å². The van der Waals surface area contributed by atoms with Crippen molar-refractivity contribution >= 4 is 5.97 Å². The van der Waals surface area contributed by atoms with Crippen molar-refractivity contribution in [2.75, 3.05) is 6.61 Å². The first-order chi connectivity index (χ1) is 7.75. The van der Waals surface area contributed by atoms with Crippen LogP contribution in [-0.2, 0) is 18.2 Å². The molecule has 2 rings (SSSR count). The minimum atomic E-state index is -0.436. The lowest BCUT2D eigenvalue weighted by molar-refractivity contribution is 0.0473. The Bertz CT molecular complexity index is 459. The number of ether oxygens (including phenoxy) is 1. The summed E-state index contributed by atoms with van der Waals surface area (Å²) in [5, 5.41) is 4.02. The Morgan fingerprint density at radius 1 is 1.62 bits per heavy atom. The van der Waals surface area contributed by atoms with Gasteiger partial charge in [-0.15, -0.1) is 0 Å². The number of hydrogen-bond acceptors (Lipinski definition) is 4. The summed E-state index contributed by atoms with van der Waals surface area (Å²) in [4.78, 5) is 11.4. The molecule has 0 unspecified atom stereocenters. The second-order valence-electron chi connectivity index (χ2n) is 3.39. The normalized spacial score (nSPS) is 10.3. The molecule has 0 fully saturated rings. The topological polar surface area (TPSA) is 57.3 Å². The largest absolute Gasteiger partial charge is 0.459 e. The summed E-state index contributed by atoms with van der Waals surface area (Å²) in [6.45, 7) is 0.325. The first-order valence-electron chi connectivity index (χ1n) is 4.94. The second kappa shape index (κ2) is 4.65. The molecular weight excluding hydrogens is 208 g/mol. The minimum Gasteiger partial charge on any atom is -0.459 e. The number of furan rings is 1. The third kappa shape index (κ3) is 2.50. The van der Waals surface area contributed by atoms with Crippen LogP contribution in [0, 0.1) is 0 Å². The molecule has 0 aromatic carbocycles. The Morgan fingerprint density at radius 3 is 3.12 bits per heavy atom. The number of esters is 1. The van der Waals surface area contributed by atoms with Crippen molar-refractivity contribution < 1.29 is 13.9 Å². The van der Waals surface area contributed by atoms with Gasteiger partial charge in [-0.05, 0) is 17.7 Å². The Kier molecular flexibility index (Phi) is 3.05. The van der Waals surface area contributed by atoms with Crippen LogP contribution in [0.2, 0.25) is 0 Å². The number of aryl methyl sites for hydroxylation is 1. The van der Waals surface area contributed by atoms with Gasteiger partial charge in [0.25, 0.3) is 0 Å². The first-order valence-corrected chi connectivity index (χ1v) is 4.94. The average molecular weight is 220 g/mol. The quantitative estimate of drug-likeness (QED) is 0.731. The smallest absolute Gasteiger partial charge is 0.374 e. The average Bonchev–Trinajstić information content (AvgIpc) is 2.89. The summed E-state index contributed by atoms with van der Waals surface area (Å²) in [5.74, 6) is -0.208. The molecule has 0 radical (unpaired) electrons. The van der Waals surface area contributed by atoms with Gasteiger partial charge in [-0.3, -0.25) is 4.68 Å².